The summed E-state index contributed by atoms with van der Waals surface area (Å²) in [5.74, 6) is 0. The van der Waals surface area contributed by atoms with Crippen LogP contribution >= 0.6 is 44.2 Å². The van der Waals surface area contributed by atoms with Crippen molar-refractivity contribution in [2.24, 2.45) is 0 Å². The highest BCUT2D eigenvalue weighted by molar-refractivity contribution is 7.99. The zero-order valence-electron chi connectivity index (χ0n) is 14.6. The third kappa shape index (κ3) is 4.97. The Morgan fingerprint density at radius 3 is 1.25 bits per heavy atom. The van der Waals surface area contributed by atoms with Crippen molar-refractivity contribution in [3.05, 3.63) is 108 Å². The van der Waals surface area contributed by atoms with Gasteiger partial charge in [-0.15, -0.1) is 0 Å². The minimum absolute atomic E-state index is 0.0182. The van der Waals surface area contributed by atoms with E-state index in [2.05, 4.69) is 0 Å². The Bertz CT molecular complexity index is 981. The van der Waals surface area contributed by atoms with Crippen molar-refractivity contribution in [3.63, 3.8) is 0 Å². The minimum Gasteiger partial charge on any atom is -0.400 e. The maximum Gasteiger partial charge on any atom is 0.475 e. The summed E-state index contributed by atoms with van der Waals surface area (Å²) in [5.41, 5.74) is 1.75. The molecule has 0 amide bonds. The fraction of sp³-hybridized carbons (Fsp3) is 0. The molecule has 3 aromatic rings. The number of rotatable bonds is 6. The van der Waals surface area contributed by atoms with Gasteiger partial charge in [-0.2, -0.15) is 0 Å². The quantitative estimate of drug-likeness (QED) is 0.327. The van der Waals surface area contributed by atoms with E-state index in [1.807, 2.05) is 18.2 Å². The van der Waals surface area contributed by atoms with Crippen molar-refractivity contribution in [1.29, 1.82) is 0 Å². The van der Waals surface area contributed by atoms with E-state index < -0.39 is 7.60 Å². The summed E-state index contributed by atoms with van der Waals surface area (Å²) in [6, 6.07) is 26.8. The predicted octanol–water partition coefficient (Wildman–Crippen LogP) is 6.34. The van der Waals surface area contributed by atoms with Gasteiger partial charge in [0.1, 0.15) is 0 Å². The van der Waals surface area contributed by atoms with E-state index in [0.29, 0.717) is 16.7 Å². The van der Waals surface area contributed by atoms with Gasteiger partial charge in [-0.3, -0.25) is 0 Å². The van der Waals surface area contributed by atoms with Gasteiger partial charge in [0.25, 0.3) is 0 Å². The van der Waals surface area contributed by atoms with E-state index in [1.165, 1.54) is 0 Å². The normalized spacial score (nSPS) is 10.7. The van der Waals surface area contributed by atoms with Crippen LogP contribution in [0.5, 0.6) is 0 Å². The zero-order valence-corrected chi connectivity index (χ0v) is 17.9. The standard InChI is InChI=1S/C21H15O3PS3/c22-25(21(28)18-14-8-3-9-15-18,23-19(26)16-10-4-1-5-11-16)24-20(27)17-12-6-2-7-13-17/h1-15H. The van der Waals surface area contributed by atoms with E-state index in [-0.39, 0.29) is 14.7 Å². The van der Waals surface area contributed by atoms with Gasteiger partial charge in [0, 0.05) is 16.7 Å². The molecular formula is C21H15O3PS3. The highest BCUT2D eigenvalue weighted by Gasteiger charge is 2.37. The van der Waals surface area contributed by atoms with Gasteiger partial charge < -0.3 is 9.05 Å². The number of benzene rings is 3. The summed E-state index contributed by atoms with van der Waals surface area (Å²) >= 11 is 16.1. The van der Waals surface area contributed by atoms with Crippen LogP contribution in [-0.4, -0.2) is 14.7 Å². The van der Waals surface area contributed by atoms with Crippen molar-refractivity contribution in [3.8, 4) is 0 Å². The third-order valence-electron chi connectivity index (χ3n) is 3.69. The van der Waals surface area contributed by atoms with Gasteiger partial charge in [0.2, 0.25) is 10.1 Å². The summed E-state index contributed by atoms with van der Waals surface area (Å²) in [5, 5.41) is 0.0520. The van der Waals surface area contributed by atoms with Crippen LogP contribution in [0.3, 0.4) is 0 Å². The molecule has 0 N–H and O–H groups in total. The lowest BCUT2D eigenvalue weighted by Crippen LogP contribution is -2.14. The van der Waals surface area contributed by atoms with Crippen LogP contribution in [0.1, 0.15) is 16.7 Å². The van der Waals surface area contributed by atoms with Crippen LogP contribution in [-0.2, 0) is 13.6 Å². The maximum atomic E-state index is 13.7. The summed E-state index contributed by atoms with van der Waals surface area (Å²) in [7, 11) is -4.03. The average molecular weight is 443 g/mol. The molecule has 0 unspecified atom stereocenters. The third-order valence-corrected chi connectivity index (χ3v) is 7.09. The van der Waals surface area contributed by atoms with Gasteiger partial charge in [-0.1, -0.05) is 103 Å². The number of thiocarbonyl (C=S) groups is 3. The molecule has 0 spiro atoms. The molecule has 0 aromatic heterocycles. The molecule has 0 heterocycles. The molecule has 0 radical (unpaired) electrons. The second-order valence-corrected chi connectivity index (χ2v) is 8.92. The molecule has 0 bridgehead atoms. The molecule has 0 fully saturated rings. The topological polar surface area (TPSA) is 35.5 Å². The summed E-state index contributed by atoms with van der Waals surface area (Å²) in [4.78, 5) is 0. The second-order valence-electron chi connectivity index (χ2n) is 5.66. The molecule has 0 aliphatic heterocycles. The Kier molecular flexibility index (Phi) is 6.81. The van der Waals surface area contributed by atoms with Gasteiger partial charge in [0.05, 0.1) is 0 Å². The first-order valence-electron chi connectivity index (χ1n) is 8.27. The van der Waals surface area contributed by atoms with Gasteiger partial charge in [-0.05, 0) is 24.4 Å². The highest BCUT2D eigenvalue weighted by Crippen LogP contribution is 2.53. The Hall–Kier alpha value is -2.24. The molecule has 0 saturated carbocycles. The first kappa shape index (κ1) is 20.5. The first-order valence-corrected chi connectivity index (χ1v) is 11.0. The molecule has 3 aromatic carbocycles. The second kappa shape index (κ2) is 9.30. The number of hydrogen-bond acceptors (Lipinski definition) is 6. The summed E-state index contributed by atoms with van der Waals surface area (Å²) in [6.07, 6.45) is 0. The zero-order chi connectivity index (χ0) is 20.0. The average Bonchev–Trinajstić information content (AvgIpc) is 2.75. The van der Waals surface area contributed by atoms with Crippen LogP contribution in [0.25, 0.3) is 0 Å². The van der Waals surface area contributed by atoms with Gasteiger partial charge >= 0.3 is 7.60 Å². The lowest BCUT2D eigenvalue weighted by atomic mass is 10.2. The molecule has 0 atom stereocenters. The van der Waals surface area contributed by atoms with Crippen molar-refractivity contribution in [2.45, 2.75) is 0 Å². The van der Waals surface area contributed by atoms with Crippen LogP contribution < -0.4 is 0 Å². The molecule has 0 saturated heterocycles. The van der Waals surface area contributed by atoms with Crippen molar-refractivity contribution >= 4 is 59.0 Å². The van der Waals surface area contributed by atoms with E-state index in [9.17, 15) is 4.57 Å². The van der Waals surface area contributed by atoms with Gasteiger partial charge in [0.15, 0.2) is 4.61 Å². The lowest BCUT2D eigenvalue weighted by Gasteiger charge is -2.21. The van der Waals surface area contributed by atoms with Crippen LogP contribution in [0, 0.1) is 0 Å². The maximum absolute atomic E-state index is 13.7. The lowest BCUT2D eigenvalue weighted by molar-refractivity contribution is 0.404. The van der Waals surface area contributed by atoms with Crippen LogP contribution in [0.15, 0.2) is 91.0 Å². The van der Waals surface area contributed by atoms with Crippen molar-refractivity contribution in [2.75, 3.05) is 0 Å². The monoisotopic (exact) mass is 442 g/mol. The fourth-order valence-electron chi connectivity index (χ4n) is 2.31. The summed E-state index contributed by atoms with van der Waals surface area (Å²) < 4.78 is 25.1. The molecule has 3 rings (SSSR count). The molecule has 140 valence electrons. The predicted molar refractivity (Wildman–Crippen MR) is 124 cm³/mol. The highest BCUT2D eigenvalue weighted by atomic mass is 32.1. The van der Waals surface area contributed by atoms with Crippen LogP contribution in [0.2, 0.25) is 0 Å². The Labute approximate surface area is 179 Å². The molecular weight excluding hydrogens is 427 g/mol. The van der Waals surface area contributed by atoms with Crippen molar-refractivity contribution < 1.29 is 13.6 Å². The van der Waals surface area contributed by atoms with Crippen LogP contribution in [0.4, 0.5) is 0 Å². The Balaban J connectivity index is 1.93. The SMILES string of the molecule is O=P(OC(=S)c1ccccc1)(OC(=S)c1ccccc1)C(=S)c1ccccc1. The molecule has 7 heteroatoms. The Morgan fingerprint density at radius 1 is 0.571 bits per heavy atom. The fourth-order valence-corrected chi connectivity index (χ4v) is 4.85. The van der Waals surface area contributed by atoms with E-state index in [4.69, 9.17) is 45.7 Å². The summed E-state index contributed by atoms with van der Waals surface area (Å²) in [6.45, 7) is 0. The first-order chi connectivity index (χ1) is 13.5. The molecule has 3 nitrogen and oxygen atoms in total. The molecule has 0 aliphatic rings. The Morgan fingerprint density at radius 2 is 0.893 bits per heavy atom. The van der Waals surface area contributed by atoms with E-state index in [1.54, 1.807) is 72.8 Å². The van der Waals surface area contributed by atoms with Crippen molar-refractivity contribution in [1.82, 2.24) is 0 Å². The molecule has 0 aliphatic carbocycles. The molecule has 28 heavy (non-hydrogen) atoms. The number of hydrogen-bond donors (Lipinski definition) is 0. The van der Waals surface area contributed by atoms with E-state index >= 15 is 0 Å². The smallest absolute Gasteiger partial charge is 0.400 e. The largest absolute Gasteiger partial charge is 0.475 e. The minimum atomic E-state index is -4.03. The van der Waals surface area contributed by atoms with Gasteiger partial charge in [-0.25, -0.2) is 4.57 Å². The van der Waals surface area contributed by atoms with E-state index in [0.717, 1.165) is 0 Å².